The summed E-state index contributed by atoms with van der Waals surface area (Å²) >= 11 is 0. The topological polar surface area (TPSA) is 127 Å². The lowest BCUT2D eigenvalue weighted by Crippen LogP contribution is -2.28. The van der Waals surface area contributed by atoms with Crippen LogP contribution in [0.3, 0.4) is 0 Å². The minimum atomic E-state index is -3.98. The zero-order chi connectivity index (χ0) is 18.9. The highest BCUT2D eigenvalue weighted by Gasteiger charge is 2.30. The summed E-state index contributed by atoms with van der Waals surface area (Å²) < 4.78 is 27.4. The number of primary amides is 1. The lowest BCUT2D eigenvalue weighted by molar-refractivity contribution is -0.121. The summed E-state index contributed by atoms with van der Waals surface area (Å²) in [5.74, 6) is -1.40. The predicted octanol–water partition coefficient (Wildman–Crippen LogP) is 1.24. The molecule has 3 N–H and O–H groups in total. The lowest BCUT2D eigenvalue weighted by Gasteiger charge is -2.15. The van der Waals surface area contributed by atoms with Gasteiger partial charge < -0.3 is 5.73 Å². The maximum absolute atomic E-state index is 12.5. The minimum absolute atomic E-state index is 0.0426. The number of imide groups is 1. The monoisotopic (exact) mass is 373 g/mol. The van der Waals surface area contributed by atoms with Crippen LogP contribution in [0.1, 0.15) is 23.2 Å². The van der Waals surface area contributed by atoms with Gasteiger partial charge in [-0.1, -0.05) is 12.1 Å². The van der Waals surface area contributed by atoms with E-state index in [1.165, 1.54) is 36.4 Å². The number of sulfonamides is 1. The molecule has 0 atom stereocenters. The molecule has 0 bridgehead atoms. The first kappa shape index (κ1) is 17.6. The zero-order valence-corrected chi connectivity index (χ0v) is 14.3. The third-order valence-electron chi connectivity index (χ3n) is 3.89. The van der Waals surface area contributed by atoms with Crippen LogP contribution in [-0.4, -0.2) is 26.1 Å². The molecule has 0 unspecified atom stereocenters. The van der Waals surface area contributed by atoms with Crippen LogP contribution in [0.15, 0.2) is 53.4 Å². The minimum Gasteiger partial charge on any atom is -0.366 e. The molecule has 0 aliphatic carbocycles. The zero-order valence-electron chi connectivity index (χ0n) is 13.5. The number of para-hydroxylation sites is 1. The lowest BCUT2D eigenvalue weighted by atomic mass is 10.2. The molecule has 1 aliphatic heterocycles. The van der Waals surface area contributed by atoms with Gasteiger partial charge in [0.05, 0.1) is 21.8 Å². The molecule has 1 heterocycles. The number of nitrogens with one attached hydrogen (secondary N) is 1. The van der Waals surface area contributed by atoms with Gasteiger partial charge in [-0.25, -0.2) is 8.42 Å². The van der Waals surface area contributed by atoms with Gasteiger partial charge in [-0.3, -0.25) is 24.0 Å². The average molecular weight is 373 g/mol. The highest BCUT2D eigenvalue weighted by atomic mass is 32.2. The van der Waals surface area contributed by atoms with Crippen molar-refractivity contribution in [3.8, 4) is 0 Å². The standard InChI is InChI=1S/C17H15N3O5S/c18-17(23)13-3-1-2-4-14(13)19-26(24,25)12-7-5-11(6-8-12)20-15(21)9-10-16(20)22/h1-8,19H,9-10H2,(H2,18,23). The van der Waals surface area contributed by atoms with Gasteiger partial charge in [-0.05, 0) is 36.4 Å². The number of benzene rings is 2. The molecule has 3 rings (SSSR count). The highest BCUT2D eigenvalue weighted by Crippen LogP contribution is 2.25. The summed E-state index contributed by atoms with van der Waals surface area (Å²) in [5.41, 5.74) is 5.66. The number of amides is 3. The fourth-order valence-electron chi connectivity index (χ4n) is 2.63. The quantitative estimate of drug-likeness (QED) is 0.763. The van der Waals surface area contributed by atoms with Crippen molar-refractivity contribution in [2.24, 2.45) is 5.73 Å². The maximum Gasteiger partial charge on any atom is 0.261 e. The first-order valence-electron chi connectivity index (χ1n) is 7.67. The van der Waals surface area contributed by atoms with Crippen molar-refractivity contribution in [3.05, 3.63) is 54.1 Å². The SMILES string of the molecule is NC(=O)c1ccccc1NS(=O)(=O)c1ccc(N2C(=O)CCC2=O)cc1. The number of hydrogen-bond donors (Lipinski definition) is 2. The summed E-state index contributed by atoms with van der Waals surface area (Å²) in [6.07, 6.45) is 0.286. The summed E-state index contributed by atoms with van der Waals surface area (Å²) in [6.45, 7) is 0. The highest BCUT2D eigenvalue weighted by molar-refractivity contribution is 7.92. The van der Waals surface area contributed by atoms with Crippen LogP contribution in [0.25, 0.3) is 0 Å². The van der Waals surface area contributed by atoms with E-state index in [-0.39, 0.29) is 40.8 Å². The van der Waals surface area contributed by atoms with Gasteiger partial charge in [-0.2, -0.15) is 0 Å². The number of carbonyl (C=O) groups is 3. The Labute approximate surface area is 149 Å². The molecule has 2 aromatic carbocycles. The Hall–Kier alpha value is -3.20. The second-order valence-electron chi connectivity index (χ2n) is 5.63. The van der Waals surface area contributed by atoms with Gasteiger partial charge in [0.25, 0.3) is 15.9 Å². The van der Waals surface area contributed by atoms with Gasteiger partial charge in [-0.15, -0.1) is 0 Å². The Morgan fingerprint density at radius 3 is 2.12 bits per heavy atom. The molecular weight excluding hydrogens is 358 g/mol. The largest absolute Gasteiger partial charge is 0.366 e. The molecule has 8 nitrogen and oxygen atoms in total. The molecule has 2 aromatic rings. The average Bonchev–Trinajstić information content (AvgIpc) is 2.93. The fourth-order valence-corrected chi connectivity index (χ4v) is 3.71. The summed E-state index contributed by atoms with van der Waals surface area (Å²) in [4.78, 5) is 35.8. The van der Waals surface area contributed by atoms with E-state index in [9.17, 15) is 22.8 Å². The first-order chi connectivity index (χ1) is 12.3. The summed E-state index contributed by atoms with van der Waals surface area (Å²) in [7, 11) is -3.98. The van der Waals surface area contributed by atoms with Gasteiger partial charge in [0, 0.05) is 12.8 Å². The molecule has 1 aliphatic rings. The Bertz CT molecular complexity index is 983. The Balaban J connectivity index is 1.88. The number of carbonyl (C=O) groups excluding carboxylic acids is 3. The fraction of sp³-hybridized carbons (Fsp3) is 0.118. The molecule has 0 aromatic heterocycles. The van der Waals surface area contributed by atoms with Crippen LogP contribution in [0.4, 0.5) is 11.4 Å². The molecule has 0 spiro atoms. The van der Waals surface area contributed by atoms with Gasteiger partial charge >= 0.3 is 0 Å². The second kappa shape index (κ2) is 6.60. The normalized spacial score (nSPS) is 14.5. The van der Waals surface area contributed by atoms with Crippen LogP contribution in [0.5, 0.6) is 0 Å². The maximum atomic E-state index is 12.5. The molecule has 3 amide bonds. The number of nitrogens with zero attached hydrogens (tertiary/aromatic N) is 1. The Morgan fingerprint density at radius 2 is 1.54 bits per heavy atom. The molecular formula is C17H15N3O5S. The van der Waals surface area contributed by atoms with Gasteiger partial charge in [0.1, 0.15) is 0 Å². The molecule has 1 fully saturated rings. The molecule has 0 saturated carbocycles. The summed E-state index contributed by atoms with van der Waals surface area (Å²) in [6, 6.07) is 11.3. The number of hydrogen-bond acceptors (Lipinski definition) is 5. The second-order valence-corrected chi connectivity index (χ2v) is 7.31. The smallest absolute Gasteiger partial charge is 0.261 e. The van der Waals surface area contributed by atoms with E-state index >= 15 is 0 Å². The van der Waals surface area contributed by atoms with E-state index in [2.05, 4.69) is 4.72 Å². The van der Waals surface area contributed by atoms with E-state index in [1.807, 2.05) is 0 Å². The Morgan fingerprint density at radius 1 is 0.962 bits per heavy atom. The van der Waals surface area contributed by atoms with Crippen LogP contribution in [0, 0.1) is 0 Å². The van der Waals surface area contributed by atoms with Crippen molar-refractivity contribution in [3.63, 3.8) is 0 Å². The van der Waals surface area contributed by atoms with Crippen LogP contribution in [0.2, 0.25) is 0 Å². The van der Waals surface area contributed by atoms with Gasteiger partial charge in [0.15, 0.2) is 0 Å². The molecule has 134 valence electrons. The Kier molecular flexibility index (Phi) is 4.47. The summed E-state index contributed by atoms with van der Waals surface area (Å²) in [5, 5.41) is 0. The van der Waals surface area contributed by atoms with Crippen LogP contribution < -0.4 is 15.4 Å². The van der Waals surface area contributed by atoms with Crippen molar-refractivity contribution in [2.45, 2.75) is 17.7 Å². The molecule has 1 saturated heterocycles. The van der Waals surface area contributed by atoms with Crippen LogP contribution >= 0.6 is 0 Å². The molecule has 26 heavy (non-hydrogen) atoms. The number of nitrogens with two attached hydrogens (primary N) is 1. The third-order valence-corrected chi connectivity index (χ3v) is 5.28. The predicted molar refractivity (Wildman–Crippen MR) is 93.9 cm³/mol. The van der Waals surface area contributed by atoms with Crippen LogP contribution in [-0.2, 0) is 19.6 Å². The molecule has 9 heteroatoms. The van der Waals surface area contributed by atoms with E-state index in [4.69, 9.17) is 5.73 Å². The first-order valence-corrected chi connectivity index (χ1v) is 9.15. The van der Waals surface area contributed by atoms with E-state index in [0.717, 1.165) is 4.90 Å². The van der Waals surface area contributed by atoms with Crippen molar-refractivity contribution >= 4 is 39.1 Å². The third kappa shape index (κ3) is 3.29. The van der Waals surface area contributed by atoms with Crippen molar-refractivity contribution < 1.29 is 22.8 Å². The van der Waals surface area contributed by atoms with Gasteiger partial charge in [0.2, 0.25) is 11.8 Å². The van der Waals surface area contributed by atoms with Crippen molar-refractivity contribution in [1.82, 2.24) is 0 Å². The number of rotatable bonds is 5. The van der Waals surface area contributed by atoms with Crippen molar-refractivity contribution in [1.29, 1.82) is 0 Å². The number of anilines is 2. The van der Waals surface area contributed by atoms with E-state index in [1.54, 1.807) is 12.1 Å². The van der Waals surface area contributed by atoms with E-state index in [0.29, 0.717) is 5.69 Å². The van der Waals surface area contributed by atoms with Crippen molar-refractivity contribution in [2.75, 3.05) is 9.62 Å². The molecule has 0 radical (unpaired) electrons. The van der Waals surface area contributed by atoms with E-state index < -0.39 is 15.9 Å².